The van der Waals surface area contributed by atoms with Gasteiger partial charge in [0.05, 0.1) is 0 Å². The first-order valence-electron chi connectivity index (χ1n) is 8.49. The maximum Gasteiger partial charge on any atom is 0.407 e. The average molecular weight is 351 g/mol. The van der Waals surface area contributed by atoms with Gasteiger partial charge in [-0.25, -0.2) is 4.79 Å². The lowest BCUT2D eigenvalue weighted by Crippen LogP contribution is -2.47. The number of ether oxygens (including phenoxy) is 1. The Balaban J connectivity index is 3.05. The molecule has 0 bridgehead atoms. The maximum atomic E-state index is 12.1. The zero-order chi connectivity index (χ0) is 19.1. The van der Waals surface area contributed by atoms with E-state index in [1.165, 1.54) is 0 Å². The van der Waals surface area contributed by atoms with Crippen molar-refractivity contribution in [1.82, 2.24) is 5.32 Å². The molecule has 1 amide bonds. The van der Waals surface area contributed by atoms with Gasteiger partial charge >= 0.3 is 12.1 Å². The normalized spacial score (nSPS) is 13.8. The number of amides is 1. The largest absolute Gasteiger partial charge is 0.481 e. The first kappa shape index (κ1) is 21.0. The summed E-state index contributed by atoms with van der Waals surface area (Å²) in [5.74, 6) is -1.01. The van der Waals surface area contributed by atoms with Gasteiger partial charge in [0, 0.05) is 13.2 Å². The summed E-state index contributed by atoms with van der Waals surface area (Å²) in [7, 11) is 0. The van der Waals surface area contributed by atoms with Gasteiger partial charge in [0.15, 0.2) is 0 Å². The van der Waals surface area contributed by atoms with E-state index in [2.05, 4.69) is 5.32 Å². The van der Waals surface area contributed by atoms with E-state index in [1.807, 2.05) is 19.1 Å². The molecule has 1 rings (SSSR count). The quantitative estimate of drug-likeness (QED) is 0.626. The summed E-state index contributed by atoms with van der Waals surface area (Å²) in [5.41, 5.74) is -0.269. The molecule has 6 nitrogen and oxygen atoms in total. The Bertz CT molecular complexity index is 576. The molecule has 0 aliphatic carbocycles. The molecule has 0 radical (unpaired) electrons. The Morgan fingerprint density at radius 3 is 2.20 bits per heavy atom. The summed E-state index contributed by atoms with van der Waals surface area (Å²) < 4.78 is 5.21. The molecule has 1 unspecified atom stereocenters. The van der Waals surface area contributed by atoms with Crippen molar-refractivity contribution in [2.45, 2.75) is 58.0 Å². The lowest BCUT2D eigenvalue weighted by atomic mass is 9.76. The van der Waals surface area contributed by atoms with E-state index in [0.717, 1.165) is 5.56 Å². The lowest BCUT2D eigenvalue weighted by molar-refractivity contribution is -0.144. The van der Waals surface area contributed by atoms with Gasteiger partial charge in [0.25, 0.3) is 0 Å². The molecule has 0 fully saturated rings. The van der Waals surface area contributed by atoms with Crippen LogP contribution in [-0.4, -0.2) is 41.0 Å². The number of hydrogen-bond acceptors (Lipinski definition) is 4. The summed E-state index contributed by atoms with van der Waals surface area (Å²) in [6, 6.07) is 7.26. The fourth-order valence-corrected chi connectivity index (χ4v) is 2.59. The van der Waals surface area contributed by atoms with Crippen molar-refractivity contribution in [3.63, 3.8) is 0 Å². The van der Waals surface area contributed by atoms with Crippen LogP contribution < -0.4 is 5.32 Å². The number of alkyl carbamates (subject to hydrolysis) is 1. The maximum absolute atomic E-state index is 12.1. The van der Waals surface area contributed by atoms with Crippen molar-refractivity contribution in [3.8, 4) is 0 Å². The van der Waals surface area contributed by atoms with Crippen LogP contribution in [0.1, 0.15) is 51.2 Å². The number of carbonyl (C=O) groups excluding carboxylic acids is 1. The van der Waals surface area contributed by atoms with Gasteiger partial charge in [-0.2, -0.15) is 0 Å². The summed E-state index contributed by atoms with van der Waals surface area (Å²) in [4.78, 5) is 24.1. The van der Waals surface area contributed by atoms with E-state index in [-0.39, 0.29) is 13.2 Å². The predicted molar refractivity (Wildman–Crippen MR) is 95.7 cm³/mol. The van der Waals surface area contributed by atoms with Crippen molar-refractivity contribution in [2.24, 2.45) is 0 Å². The molecule has 0 aliphatic heterocycles. The number of aliphatic hydroxyl groups excluding tert-OH is 1. The van der Waals surface area contributed by atoms with Crippen LogP contribution in [0, 0.1) is 6.92 Å². The van der Waals surface area contributed by atoms with E-state index in [1.54, 1.807) is 32.9 Å². The Hall–Kier alpha value is -2.08. The summed E-state index contributed by atoms with van der Waals surface area (Å²) in [5, 5.41) is 21.6. The van der Waals surface area contributed by atoms with Gasteiger partial charge in [-0.3, -0.25) is 4.79 Å². The minimum atomic E-state index is -1.26. The molecule has 1 aromatic rings. The molecule has 3 N–H and O–H groups in total. The molecule has 0 aromatic heterocycles. The van der Waals surface area contributed by atoms with Gasteiger partial charge in [0.2, 0.25) is 0 Å². The lowest BCUT2D eigenvalue weighted by Gasteiger charge is -2.31. The molecule has 0 heterocycles. The van der Waals surface area contributed by atoms with Gasteiger partial charge in [0.1, 0.15) is 11.0 Å². The minimum absolute atomic E-state index is 0.00307. The van der Waals surface area contributed by atoms with E-state index < -0.39 is 23.1 Å². The summed E-state index contributed by atoms with van der Waals surface area (Å²) >= 11 is 0. The third kappa shape index (κ3) is 6.38. The number of rotatable bonds is 8. The molecule has 0 spiro atoms. The third-order valence-electron chi connectivity index (χ3n) is 3.96. The Kier molecular flexibility index (Phi) is 7.42. The first-order chi connectivity index (χ1) is 11.6. The van der Waals surface area contributed by atoms with Gasteiger partial charge in [-0.05, 0) is 52.5 Å². The number of aliphatic carboxylic acids is 1. The van der Waals surface area contributed by atoms with Crippen LogP contribution in [-0.2, 0) is 14.9 Å². The number of carboxylic acids is 1. The van der Waals surface area contributed by atoms with Crippen molar-refractivity contribution >= 4 is 12.1 Å². The average Bonchev–Trinajstić information content (AvgIpc) is 2.50. The number of hydrogen-bond donors (Lipinski definition) is 3. The monoisotopic (exact) mass is 351 g/mol. The van der Waals surface area contributed by atoms with E-state index in [4.69, 9.17) is 9.84 Å². The highest BCUT2D eigenvalue weighted by atomic mass is 16.6. The summed E-state index contributed by atoms with van der Waals surface area (Å²) in [6.07, 6.45) is 0.703. The van der Waals surface area contributed by atoms with E-state index in [9.17, 15) is 14.7 Å². The fourth-order valence-electron chi connectivity index (χ4n) is 2.59. The smallest absolute Gasteiger partial charge is 0.407 e. The van der Waals surface area contributed by atoms with Crippen LogP contribution in [0.5, 0.6) is 0 Å². The van der Waals surface area contributed by atoms with Crippen LogP contribution in [0.15, 0.2) is 24.3 Å². The number of carboxylic acid groups (broad SMARTS) is 1. The number of carbonyl (C=O) groups is 2. The first-order valence-corrected chi connectivity index (χ1v) is 8.49. The number of unbranched alkanes of at least 4 members (excludes halogenated alkanes) is 1. The molecule has 1 aromatic carbocycles. The summed E-state index contributed by atoms with van der Waals surface area (Å²) in [6.45, 7) is 7.10. The molecule has 6 heteroatoms. The molecule has 0 aliphatic rings. The zero-order valence-corrected chi connectivity index (χ0v) is 15.5. The number of benzene rings is 1. The Morgan fingerprint density at radius 2 is 1.72 bits per heavy atom. The van der Waals surface area contributed by atoms with Crippen LogP contribution in [0.3, 0.4) is 0 Å². The van der Waals surface area contributed by atoms with Crippen LogP contribution in [0.25, 0.3) is 0 Å². The second kappa shape index (κ2) is 8.85. The number of aryl methyl sites for hydroxylation is 1. The fraction of sp³-hybridized carbons (Fsp3) is 0.579. The van der Waals surface area contributed by atoms with Crippen molar-refractivity contribution in [1.29, 1.82) is 0 Å². The highest BCUT2D eigenvalue weighted by Gasteiger charge is 2.40. The SMILES string of the molecule is Cc1ccc(C(CCCCO)(CNC(=O)OC(C)(C)C)C(=O)O)cc1. The topological polar surface area (TPSA) is 95.9 Å². The van der Waals surface area contributed by atoms with E-state index >= 15 is 0 Å². The molecule has 140 valence electrons. The van der Waals surface area contributed by atoms with Crippen molar-refractivity contribution < 1.29 is 24.5 Å². The second-order valence-corrected chi connectivity index (χ2v) is 7.29. The highest BCUT2D eigenvalue weighted by molar-refractivity contribution is 5.82. The second-order valence-electron chi connectivity index (χ2n) is 7.29. The zero-order valence-electron chi connectivity index (χ0n) is 15.5. The van der Waals surface area contributed by atoms with Crippen molar-refractivity contribution in [2.75, 3.05) is 13.2 Å². The van der Waals surface area contributed by atoms with Crippen LogP contribution in [0.2, 0.25) is 0 Å². The number of aliphatic hydroxyl groups is 1. The Labute approximate surface area is 149 Å². The molecule has 25 heavy (non-hydrogen) atoms. The molecular formula is C19H29NO5. The highest BCUT2D eigenvalue weighted by Crippen LogP contribution is 2.31. The molecule has 1 atom stereocenters. The van der Waals surface area contributed by atoms with Gasteiger partial charge in [-0.1, -0.05) is 29.8 Å². The number of nitrogens with one attached hydrogen (secondary N) is 1. The van der Waals surface area contributed by atoms with Gasteiger partial charge < -0.3 is 20.3 Å². The van der Waals surface area contributed by atoms with Crippen LogP contribution in [0.4, 0.5) is 4.79 Å². The molecular weight excluding hydrogens is 322 g/mol. The standard InChI is InChI=1S/C19H29NO5/c1-14-7-9-15(10-8-14)19(16(22)23,11-5-6-12-21)13-20-17(24)25-18(2,3)4/h7-10,21H,5-6,11-13H2,1-4H3,(H,20,24)(H,22,23). The minimum Gasteiger partial charge on any atom is -0.481 e. The van der Waals surface area contributed by atoms with Crippen molar-refractivity contribution in [3.05, 3.63) is 35.4 Å². The molecule has 0 saturated carbocycles. The van der Waals surface area contributed by atoms with E-state index in [0.29, 0.717) is 24.8 Å². The third-order valence-corrected chi connectivity index (χ3v) is 3.96. The molecule has 0 saturated heterocycles. The Morgan fingerprint density at radius 1 is 1.12 bits per heavy atom. The predicted octanol–water partition coefficient (Wildman–Crippen LogP) is 3.00. The van der Waals surface area contributed by atoms with Crippen LogP contribution >= 0.6 is 0 Å². The van der Waals surface area contributed by atoms with Gasteiger partial charge in [-0.15, -0.1) is 0 Å².